The second kappa shape index (κ2) is 3.74. The molecule has 9 heavy (non-hydrogen) atoms. The van der Waals surface area contributed by atoms with Crippen molar-refractivity contribution < 1.29 is 39.8 Å². The van der Waals surface area contributed by atoms with Gasteiger partial charge in [-0.2, -0.15) is 0 Å². The number of esters is 1. The van der Waals surface area contributed by atoms with Crippen LogP contribution in [-0.4, -0.2) is 12.3 Å². The SMILES string of the molecule is CC(=O)OC(F)(F)F.[Cu]. The Bertz CT molecular complexity index is 99.7. The van der Waals surface area contributed by atoms with Gasteiger partial charge >= 0.3 is 12.3 Å². The fourth-order valence-corrected chi connectivity index (χ4v) is 0.163. The van der Waals surface area contributed by atoms with E-state index in [1.807, 2.05) is 0 Å². The van der Waals surface area contributed by atoms with E-state index >= 15 is 0 Å². The van der Waals surface area contributed by atoms with Crippen LogP contribution in [0.3, 0.4) is 0 Å². The van der Waals surface area contributed by atoms with Crippen LogP contribution in [0.4, 0.5) is 13.2 Å². The Kier molecular flexibility index (Phi) is 4.80. The molecule has 0 unspecified atom stereocenters. The van der Waals surface area contributed by atoms with Crippen molar-refractivity contribution >= 4 is 5.97 Å². The Morgan fingerprint density at radius 3 is 1.78 bits per heavy atom. The Labute approximate surface area is 59.8 Å². The molecule has 0 atom stereocenters. The normalized spacial score (nSPS) is 9.78. The molecule has 0 rings (SSSR count). The number of alkyl halides is 3. The van der Waals surface area contributed by atoms with Gasteiger partial charge in [-0.1, -0.05) is 0 Å². The minimum absolute atomic E-state index is 0. The Balaban J connectivity index is 0. The summed E-state index contributed by atoms with van der Waals surface area (Å²) in [6.45, 7) is 0.688. The molecule has 0 bridgehead atoms. The molecule has 0 aliphatic carbocycles. The van der Waals surface area contributed by atoms with Gasteiger partial charge in [-0.3, -0.25) is 4.79 Å². The molecule has 0 saturated heterocycles. The van der Waals surface area contributed by atoms with Crippen molar-refractivity contribution in [1.29, 1.82) is 0 Å². The molecule has 59 valence electrons. The van der Waals surface area contributed by atoms with Crippen molar-refractivity contribution in [3.8, 4) is 0 Å². The summed E-state index contributed by atoms with van der Waals surface area (Å²) in [5, 5.41) is 0. The van der Waals surface area contributed by atoms with E-state index in [0.29, 0.717) is 6.92 Å². The van der Waals surface area contributed by atoms with Crippen LogP contribution in [0.2, 0.25) is 0 Å². The molecule has 0 amide bonds. The van der Waals surface area contributed by atoms with Crippen LogP contribution in [-0.2, 0) is 26.6 Å². The molecule has 0 heterocycles. The van der Waals surface area contributed by atoms with Gasteiger partial charge in [0, 0.05) is 24.0 Å². The molecule has 2 nitrogen and oxygen atoms in total. The summed E-state index contributed by atoms with van der Waals surface area (Å²) < 4.78 is 35.4. The van der Waals surface area contributed by atoms with Crippen LogP contribution >= 0.6 is 0 Å². The third-order valence-electron chi connectivity index (χ3n) is 0.259. The van der Waals surface area contributed by atoms with Gasteiger partial charge in [0.15, 0.2) is 0 Å². The first-order valence-corrected chi connectivity index (χ1v) is 1.68. The number of hydrogen-bond acceptors (Lipinski definition) is 2. The first-order chi connectivity index (χ1) is 3.42. The van der Waals surface area contributed by atoms with Gasteiger partial charge in [-0.25, -0.2) is 0 Å². The van der Waals surface area contributed by atoms with Gasteiger partial charge in [0.2, 0.25) is 0 Å². The zero-order valence-corrected chi connectivity index (χ0v) is 5.19. The predicted octanol–water partition coefficient (Wildman–Crippen LogP) is 1.07. The quantitative estimate of drug-likeness (QED) is 0.423. The van der Waals surface area contributed by atoms with Crippen LogP contribution in [0.5, 0.6) is 0 Å². The summed E-state index contributed by atoms with van der Waals surface area (Å²) in [6.07, 6.45) is -4.83. The first kappa shape index (κ1) is 11.6. The van der Waals surface area contributed by atoms with Crippen molar-refractivity contribution in [2.75, 3.05) is 0 Å². The van der Waals surface area contributed by atoms with E-state index in [0.717, 1.165) is 0 Å². The Morgan fingerprint density at radius 1 is 1.44 bits per heavy atom. The van der Waals surface area contributed by atoms with Crippen molar-refractivity contribution in [3.63, 3.8) is 0 Å². The predicted molar refractivity (Wildman–Crippen MR) is 17.8 cm³/mol. The van der Waals surface area contributed by atoms with Crippen LogP contribution in [0.25, 0.3) is 0 Å². The second-order valence-electron chi connectivity index (χ2n) is 1.04. The molecular weight excluding hydrogens is 189 g/mol. The molecule has 0 fully saturated rings. The maximum atomic E-state index is 10.9. The van der Waals surface area contributed by atoms with Crippen molar-refractivity contribution in [1.82, 2.24) is 0 Å². The summed E-state index contributed by atoms with van der Waals surface area (Å²) in [5.41, 5.74) is 0. The van der Waals surface area contributed by atoms with Crippen molar-refractivity contribution in [2.24, 2.45) is 0 Å². The average molecular weight is 192 g/mol. The minimum atomic E-state index is -4.83. The molecule has 0 aromatic heterocycles. The average Bonchev–Trinajstić information content (AvgIpc) is 1.21. The Morgan fingerprint density at radius 2 is 1.78 bits per heavy atom. The summed E-state index contributed by atoms with van der Waals surface area (Å²) in [6, 6.07) is 0. The molecule has 0 spiro atoms. The van der Waals surface area contributed by atoms with E-state index in [1.165, 1.54) is 0 Å². The third-order valence-corrected chi connectivity index (χ3v) is 0.259. The molecule has 0 aromatic rings. The molecule has 0 aliphatic heterocycles. The molecule has 1 radical (unpaired) electrons. The summed E-state index contributed by atoms with van der Waals surface area (Å²) in [5.74, 6) is -1.35. The molecule has 0 saturated carbocycles. The molecule has 0 N–H and O–H groups in total. The molecular formula is C3H3CuF3O2. The van der Waals surface area contributed by atoms with Crippen LogP contribution in [0.1, 0.15) is 6.92 Å². The number of hydrogen-bond donors (Lipinski definition) is 0. The summed E-state index contributed by atoms with van der Waals surface area (Å²) >= 11 is 0. The minimum Gasteiger partial charge on any atom is -0.373 e. The van der Waals surface area contributed by atoms with E-state index in [4.69, 9.17) is 0 Å². The zero-order valence-electron chi connectivity index (χ0n) is 4.25. The first-order valence-electron chi connectivity index (χ1n) is 1.68. The fraction of sp³-hybridized carbons (Fsp3) is 0.667. The third kappa shape index (κ3) is 11.4. The summed E-state index contributed by atoms with van der Waals surface area (Å²) in [4.78, 5) is 9.52. The molecule has 0 aliphatic rings. The van der Waals surface area contributed by atoms with Crippen LogP contribution in [0.15, 0.2) is 0 Å². The van der Waals surface area contributed by atoms with Gasteiger partial charge in [0.05, 0.1) is 0 Å². The molecule has 6 heteroatoms. The number of halogens is 3. The van der Waals surface area contributed by atoms with Gasteiger partial charge in [-0.05, 0) is 0 Å². The van der Waals surface area contributed by atoms with Crippen LogP contribution < -0.4 is 0 Å². The van der Waals surface area contributed by atoms with E-state index in [2.05, 4.69) is 4.74 Å². The topological polar surface area (TPSA) is 26.3 Å². The number of carbonyl (C=O) groups is 1. The largest absolute Gasteiger partial charge is 0.575 e. The maximum absolute atomic E-state index is 10.9. The monoisotopic (exact) mass is 191 g/mol. The van der Waals surface area contributed by atoms with Crippen molar-refractivity contribution in [2.45, 2.75) is 13.3 Å². The van der Waals surface area contributed by atoms with Gasteiger partial charge < -0.3 is 4.74 Å². The second-order valence-corrected chi connectivity index (χ2v) is 1.04. The van der Waals surface area contributed by atoms with Gasteiger partial charge in [0.1, 0.15) is 0 Å². The van der Waals surface area contributed by atoms with E-state index in [-0.39, 0.29) is 17.1 Å². The number of carbonyl (C=O) groups excluding carboxylic acids is 1. The molecule has 0 aromatic carbocycles. The summed E-state index contributed by atoms with van der Waals surface area (Å²) in [7, 11) is 0. The van der Waals surface area contributed by atoms with E-state index in [9.17, 15) is 18.0 Å². The zero-order chi connectivity index (χ0) is 6.78. The fourth-order valence-electron chi connectivity index (χ4n) is 0.163. The van der Waals surface area contributed by atoms with E-state index in [1.54, 1.807) is 0 Å². The van der Waals surface area contributed by atoms with Crippen LogP contribution in [0, 0.1) is 0 Å². The Hall–Kier alpha value is -0.221. The van der Waals surface area contributed by atoms with E-state index < -0.39 is 12.3 Å². The maximum Gasteiger partial charge on any atom is 0.575 e. The van der Waals surface area contributed by atoms with Crippen molar-refractivity contribution in [3.05, 3.63) is 0 Å². The smallest absolute Gasteiger partial charge is 0.373 e. The standard InChI is InChI=1S/C3H3F3O2.Cu/c1-2(7)8-3(4,5)6;/h1H3;. The number of rotatable bonds is 0. The number of ether oxygens (including phenoxy) is 1. The van der Waals surface area contributed by atoms with Gasteiger partial charge in [0.25, 0.3) is 0 Å². The van der Waals surface area contributed by atoms with Gasteiger partial charge in [-0.15, -0.1) is 13.2 Å².